The molecule has 1 rings (SSSR count). The Morgan fingerprint density at radius 2 is 2.00 bits per heavy atom. The molecular weight excluding hydrogens is 202 g/mol. The summed E-state index contributed by atoms with van der Waals surface area (Å²) in [5, 5.41) is 9.63. The topological polar surface area (TPSA) is 92.7 Å². The number of aldehydes is 1. The minimum atomic E-state index is -1.30. The maximum absolute atomic E-state index is 11.3. The van der Waals surface area contributed by atoms with Crippen molar-refractivity contribution < 1.29 is 24.5 Å². The van der Waals surface area contributed by atoms with E-state index in [1.807, 2.05) is 0 Å². The van der Waals surface area contributed by atoms with Crippen LogP contribution >= 0.6 is 0 Å². The van der Waals surface area contributed by atoms with Gasteiger partial charge in [-0.25, -0.2) is 4.79 Å². The Morgan fingerprint density at radius 3 is 2.60 bits per heavy atom. The van der Waals surface area contributed by atoms with E-state index in [1.165, 1.54) is 18.2 Å². The summed E-state index contributed by atoms with van der Waals surface area (Å²) in [5.41, 5.74) is 0.165. The third-order valence-electron chi connectivity index (χ3n) is 1.63. The molecule has 0 unspecified atom stereocenters. The highest BCUT2D eigenvalue weighted by atomic mass is 17.1. The average molecular weight is 209 g/mol. The van der Waals surface area contributed by atoms with Crippen molar-refractivity contribution in [2.24, 2.45) is 0 Å². The smallest absolute Gasteiger partial charge is 0.298 e. The Kier molecular flexibility index (Phi) is 3.53. The maximum Gasteiger partial charge on any atom is 0.445 e. The van der Waals surface area contributed by atoms with Gasteiger partial charge in [0.15, 0.2) is 6.29 Å². The Balaban J connectivity index is 2.90. The molecule has 6 heteroatoms. The second kappa shape index (κ2) is 4.87. The van der Waals surface area contributed by atoms with E-state index in [0.29, 0.717) is 6.29 Å². The van der Waals surface area contributed by atoms with Crippen LogP contribution < -0.4 is 5.32 Å². The molecule has 0 spiro atoms. The van der Waals surface area contributed by atoms with E-state index in [9.17, 15) is 14.4 Å². The Morgan fingerprint density at radius 1 is 1.33 bits per heavy atom. The lowest BCUT2D eigenvalue weighted by molar-refractivity contribution is -0.176. The third-order valence-corrected chi connectivity index (χ3v) is 1.63. The van der Waals surface area contributed by atoms with Crippen LogP contribution in [0.4, 0.5) is 4.79 Å². The third kappa shape index (κ3) is 2.61. The quantitative estimate of drug-likeness (QED) is 0.427. The number of hydrogen-bond donors (Lipinski definition) is 2. The van der Waals surface area contributed by atoms with Gasteiger partial charge in [0.05, 0.1) is 5.56 Å². The first-order valence-electron chi connectivity index (χ1n) is 3.90. The largest absolute Gasteiger partial charge is 0.445 e. The van der Waals surface area contributed by atoms with Crippen molar-refractivity contribution in [3.63, 3.8) is 0 Å². The van der Waals surface area contributed by atoms with Crippen molar-refractivity contribution in [3.8, 4) is 0 Å². The average Bonchev–Trinajstić information content (AvgIpc) is 2.28. The molecule has 2 amide bonds. The molecule has 0 aliphatic heterocycles. The first kappa shape index (κ1) is 10.9. The van der Waals surface area contributed by atoms with Gasteiger partial charge in [-0.1, -0.05) is 18.2 Å². The van der Waals surface area contributed by atoms with Crippen LogP contribution in [0.25, 0.3) is 0 Å². The molecule has 2 N–H and O–H groups in total. The lowest BCUT2D eigenvalue weighted by atomic mass is 10.1. The van der Waals surface area contributed by atoms with Gasteiger partial charge < -0.3 is 0 Å². The van der Waals surface area contributed by atoms with Crippen LogP contribution in [0.2, 0.25) is 0 Å². The van der Waals surface area contributed by atoms with Gasteiger partial charge in [0.25, 0.3) is 5.91 Å². The summed E-state index contributed by atoms with van der Waals surface area (Å²) < 4.78 is 0. The maximum atomic E-state index is 11.3. The van der Waals surface area contributed by atoms with Crippen molar-refractivity contribution >= 4 is 18.3 Å². The monoisotopic (exact) mass is 209 g/mol. The van der Waals surface area contributed by atoms with Gasteiger partial charge >= 0.3 is 6.09 Å². The van der Waals surface area contributed by atoms with Gasteiger partial charge in [0.2, 0.25) is 0 Å². The van der Waals surface area contributed by atoms with Crippen molar-refractivity contribution in [1.82, 2.24) is 5.32 Å². The molecule has 0 bridgehead atoms. The van der Waals surface area contributed by atoms with Gasteiger partial charge in [-0.05, 0) is 6.07 Å². The number of hydrogen-bond acceptors (Lipinski definition) is 5. The van der Waals surface area contributed by atoms with Gasteiger partial charge in [0, 0.05) is 5.56 Å². The second-order valence-corrected chi connectivity index (χ2v) is 2.54. The summed E-state index contributed by atoms with van der Waals surface area (Å²) >= 11 is 0. The van der Waals surface area contributed by atoms with Crippen LogP contribution in [0.15, 0.2) is 24.3 Å². The molecule has 15 heavy (non-hydrogen) atoms. The van der Waals surface area contributed by atoms with Gasteiger partial charge in [-0.3, -0.25) is 19.8 Å². The number of benzene rings is 1. The Labute approximate surface area is 84.4 Å². The molecule has 0 heterocycles. The summed E-state index contributed by atoms with van der Waals surface area (Å²) in [5.74, 6) is -0.822. The van der Waals surface area contributed by atoms with E-state index in [0.717, 1.165) is 0 Å². The van der Waals surface area contributed by atoms with Crippen LogP contribution in [0.1, 0.15) is 20.7 Å². The molecule has 0 aromatic heterocycles. The summed E-state index contributed by atoms with van der Waals surface area (Å²) in [6.07, 6.45) is -0.820. The molecule has 1 aromatic rings. The fraction of sp³-hybridized carbons (Fsp3) is 0. The van der Waals surface area contributed by atoms with E-state index in [1.54, 1.807) is 11.4 Å². The Bertz CT molecular complexity index is 401. The van der Waals surface area contributed by atoms with Crippen LogP contribution in [-0.4, -0.2) is 23.5 Å². The summed E-state index contributed by atoms with van der Waals surface area (Å²) in [6, 6.07) is 5.90. The van der Waals surface area contributed by atoms with E-state index in [2.05, 4.69) is 4.89 Å². The van der Waals surface area contributed by atoms with Gasteiger partial charge in [-0.2, -0.15) is 5.26 Å². The molecule has 78 valence electrons. The Hall–Kier alpha value is -2.21. The van der Waals surface area contributed by atoms with E-state index < -0.39 is 12.0 Å². The first-order valence-corrected chi connectivity index (χ1v) is 3.90. The number of carbonyl (C=O) groups is 3. The van der Waals surface area contributed by atoms with Gasteiger partial charge in [-0.15, -0.1) is 0 Å². The minimum absolute atomic E-state index is 0.0258. The summed E-state index contributed by atoms with van der Waals surface area (Å²) in [4.78, 5) is 35.6. The number of nitrogens with one attached hydrogen (secondary N) is 1. The molecule has 0 radical (unpaired) electrons. The molecule has 0 fully saturated rings. The van der Waals surface area contributed by atoms with Gasteiger partial charge in [0.1, 0.15) is 0 Å². The van der Waals surface area contributed by atoms with Crippen molar-refractivity contribution in [2.75, 3.05) is 0 Å². The molecule has 1 aromatic carbocycles. The highest BCUT2D eigenvalue weighted by Gasteiger charge is 2.13. The van der Waals surface area contributed by atoms with Crippen LogP contribution in [0.3, 0.4) is 0 Å². The lowest BCUT2D eigenvalue weighted by Gasteiger charge is -2.02. The zero-order chi connectivity index (χ0) is 11.3. The standard InChI is InChI=1S/C9H7NO5/c11-5-6-3-1-2-4-7(6)8(12)10-9(13)15-14/h1-5,14H,(H,10,12,13). The van der Waals surface area contributed by atoms with E-state index in [4.69, 9.17) is 5.26 Å². The SMILES string of the molecule is O=Cc1ccccc1C(=O)NC(=O)OO. The zero-order valence-electron chi connectivity index (χ0n) is 7.47. The first-order chi connectivity index (χ1) is 7.19. The molecule has 0 atom stereocenters. The number of imide groups is 1. The molecule has 0 saturated carbocycles. The van der Waals surface area contributed by atoms with Crippen molar-refractivity contribution in [3.05, 3.63) is 35.4 Å². The minimum Gasteiger partial charge on any atom is -0.298 e. The predicted molar refractivity (Wildman–Crippen MR) is 48.4 cm³/mol. The highest BCUT2D eigenvalue weighted by Crippen LogP contribution is 2.05. The van der Waals surface area contributed by atoms with Crippen LogP contribution in [0, 0.1) is 0 Å². The normalized spacial score (nSPS) is 9.13. The number of rotatable bonds is 2. The lowest BCUT2D eigenvalue weighted by Crippen LogP contribution is -2.30. The van der Waals surface area contributed by atoms with Crippen molar-refractivity contribution in [2.45, 2.75) is 0 Å². The van der Waals surface area contributed by atoms with E-state index >= 15 is 0 Å². The summed E-state index contributed by atoms with van der Waals surface area (Å²) in [6.45, 7) is 0. The second-order valence-electron chi connectivity index (χ2n) is 2.54. The molecule has 0 aliphatic carbocycles. The van der Waals surface area contributed by atoms with Crippen LogP contribution in [0.5, 0.6) is 0 Å². The van der Waals surface area contributed by atoms with E-state index in [-0.39, 0.29) is 11.1 Å². The fourth-order valence-electron chi connectivity index (χ4n) is 0.989. The number of carbonyl (C=O) groups excluding carboxylic acids is 3. The number of amides is 2. The molecular formula is C9H7NO5. The highest BCUT2D eigenvalue weighted by molar-refractivity contribution is 6.07. The fourth-order valence-corrected chi connectivity index (χ4v) is 0.989. The molecule has 0 saturated heterocycles. The van der Waals surface area contributed by atoms with Crippen LogP contribution in [-0.2, 0) is 4.89 Å². The zero-order valence-corrected chi connectivity index (χ0v) is 7.47. The molecule has 0 aliphatic rings. The molecule has 6 nitrogen and oxygen atoms in total. The van der Waals surface area contributed by atoms with Crippen molar-refractivity contribution in [1.29, 1.82) is 0 Å². The predicted octanol–water partition coefficient (Wildman–Crippen LogP) is 0.839. The summed E-state index contributed by atoms with van der Waals surface area (Å²) in [7, 11) is 0.